The average Bonchev–Trinajstić information content (AvgIpc) is 3.04. The largest absolute Gasteiger partial charge is 0.393 e. The fourth-order valence-electron chi connectivity index (χ4n) is 3.97. The second-order valence-electron chi connectivity index (χ2n) is 6.42. The Morgan fingerprint density at radius 2 is 2.05 bits per heavy atom. The molecule has 0 bridgehead atoms. The van der Waals surface area contributed by atoms with E-state index >= 15 is 0 Å². The maximum absolute atomic E-state index is 12.8. The van der Waals surface area contributed by atoms with Gasteiger partial charge in [0.1, 0.15) is 0 Å². The zero-order valence-corrected chi connectivity index (χ0v) is 12.7. The number of carbonyl (C=O) groups is 1. The minimum absolute atomic E-state index is 0.00243. The SMILES string of the molecule is N#Cc1cccc(C(=O)N2CCCC2C2CCCCC2O)c1. The lowest BCUT2D eigenvalue weighted by Crippen LogP contribution is -2.45. The van der Waals surface area contributed by atoms with Crippen LogP contribution in [-0.4, -0.2) is 34.6 Å². The van der Waals surface area contributed by atoms with Crippen molar-refractivity contribution in [3.8, 4) is 6.07 Å². The van der Waals surface area contributed by atoms with E-state index in [-0.39, 0.29) is 24.0 Å². The van der Waals surface area contributed by atoms with Crippen molar-refractivity contribution in [2.24, 2.45) is 5.92 Å². The maximum atomic E-state index is 12.8. The monoisotopic (exact) mass is 298 g/mol. The summed E-state index contributed by atoms with van der Waals surface area (Å²) in [4.78, 5) is 14.7. The fraction of sp³-hybridized carbons (Fsp3) is 0.556. The number of carbonyl (C=O) groups excluding carboxylic acids is 1. The topological polar surface area (TPSA) is 64.3 Å². The Morgan fingerprint density at radius 3 is 2.82 bits per heavy atom. The van der Waals surface area contributed by atoms with Crippen molar-refractivity contribution >= 4 is 5.91 Å². The molecule has 22 heavy (non-hydrogen) atoms. The van der Waals surface area contributed by atoms with Crippen LogP contribution in [0.3, 0.4) is 0 Å². The smallest absolute Gasteiger partial charge is 0.254 e. The molecule has 4 nitrogen and oxygen atoms in total. The van der Waals surface area contributed by atoms with Crippen molar-refractivity contribution in [1.29, 1.82) is 5.26 Å². The minimum atomic E-state index is -0.280. The highest BCUT2D eigenvalue weighted by Crippen LogP contribution is 2.35. The summed E-state index contributed by atoms with van der Waals surface area (Å²) in [6, 6.07) is 9.13. The van der Waals surface area contributed by atoms with Gasteiger partial charge >= 0.3 is 0 Å². The Balaban J connectivity index is 1.80. The normalized spacial score (nSPS) is 28.4. The Labute approximate surface area is 131 Å². The van der Waals surface area contributed by atoms with Crippen molar-refractivity contribution in [2.75, 3.05) is 6.54 Å². The van der Waals surface area contributed by atoms with Crippen molar-refractivity contribution in [2.45, 2.75) is 50.7 Å². The lowest BCUT2D eigenvalue weighted by Gasteiger charge is -2.37. The van der Waals surface area contributed by atoms with Crippen LogP contribution >= 0.6 is 0 Å². The first kappa shape index (κ1) is 15.1. The van der Waals surface area contributed by atoms with Crippen LogP contribution in [0.25, 0.3) is 0 Å². The quantitative estimate of drug-likeness (QED) is 0.913. The molecule has 3 atom stereocenters. The molecule has 1 aliphatic carbocycles. The number of amides is 1. The molecule has 1 amide bonds. The van der Waals surface area contributed by atoms with E-state index in [1.165, 1.54) is 0 Å². The molecule has 1 saturated heterocycles. The summed E-state index contributed by atoms with van der Waals surface area (Å²) in [5.41, 5.74) is 1.09. The van der Waals surface area contributed by atoms with Gasteiger partial charge < -0.3 is 10.0 Å². The number of nitrogens with zero attached hydrogens (tertiary/aromatic N) is 2. The summed E-state index contributed by atoms with van der Waals surface area (Å²) < 4.78 is 0. The number of likely N-dealkylation sites (tertiary alicyclic amines) is 1. The number of aliphatic hydroxyl groups excluding tert-OH is 1. The van der Waals surface area contributed by atoms with Gasteiger partial charge in [-0.3, -0.25) is 4.79 Å². The van der Waals surface area contributed by atoms with Gasteiger partial charge in [0.05, 0.1) is 17.7 Å². The van der Waals surface area contributed by atoms with Crippen LogP contribution in [-0.2, 0) is 0 Å². The number of nitriles is 1. The highest BCUT2D eigenvalue weighted by molar-refractivity contribution is 5.95. The van der Waals surface area contributed by atoms with E-state index in [2.05, 4.69) is 6.07 Å². The van der Waals surface area contributed by atoms with Crippen molar-refractivity contribution < 1.29 is 9.90 Å². The molecule has 1 aromatic rings. The highest BCUT2D eigenvalue weighted by Gasteiger charge is 2.39. The molecule has 2 fully saturated rings. The third-order valence-corrected chi connectivity index (χ3v) is 5.07. The molecule has 2 aliphatic rings. The molecule has 1 heterocycles. The predicted molar refractivity (Wildman–Crippen MR) is 83.2 cm³/mol. The Bertz CT molecular complexity index is 593. The lowest BCUT2D eigenvalue weighted by atomic mass is 9.80. The minimum Gasteiger partial charge on any atom is -0.393 e. The van der Waals surface area contributed by atoms with E-state index in [1.807, 2.05) is 4.90 Å². The first-order valence-corrected chi connectivity index (χ1v) is 8.20. The Morgan fingerprint density at radius 1 is 1.23 bits per heavy atom. The standard InChI is InChI=1S/C18H22N2O2/c19-12-13-5-3-6-14(11-13)18(22)20-10-4-8-16(20)15-7-1-2-9-17(15)21/h3,5-6,11,15-17,21H,1-2,4,7-10H2. The zero-order chi connectivity index (χ0) is 15.5. The van der Waals surface area contributed by atoms with E-state index in [9.17, 15) is 9.90 Å². The summed E-state index contributed by atoms with van der Waals surface area (Å²) in [7, 11) is 0. The summed E-state index contributed by atoms with van der Waals surface area (Å²) in [6.45, 7) is 0.753. The molecule has 1 aliphatic heterocycles. The molecule has 3 unspecified atom stereocenters. The molecular formula is C18H22N2O2. The molecular weight excluding hydrogens is 276 g/mol. The van der Waals surface area contributed by atoms with Crippen LogP contribution in [0.5, 0.6) is 0 Å². The summed E-state index contributed by atoms with van der Waals surface area (Å²) in [6.07, 6.45) is 5.79. The number of hydrogen-bond acceptors (Lipinski definition) is 3. The van der Waals surface area contributed by atoms with Gasteiger partial charge in [0.15, 0.2) is 0 Å². The highest BCUT2D eigenvalue weighted by atomic mass is 16.3. The predicted octanol–water partition coefficient (Wildman–Crippen LogP) is 2.71. The molecule has 3 rings (SSSR count). The summed E-state index contributed by atoms with van der Waals surface area (Å²) in [5, 5.41) is 19.3. The van der Waals surface area contributed by atoms with Crippen molar-refractivity contribution in [3.05, 3.63) is 35.4 Å². The molecule has 0 spiro atoms. The van der Waals surface area contributed by atoms with E-state index in [0.717, 1.165) is 45.1 Å². The molecule has 0 aromatic heterocycles. The van der Waals surface area contributed by atoms with Gasteiger partial charge in [-0.05, 0) is 43.9 Å². The third kappa shape index (κ3) is 2.86. The number of aliphatic hydroxyl groups is 1. The number of hydrogen-bond donors (Lipinski definition) is 1. The van der Waals surface area contributed by atoms with Gasteiger partial charge in [0.2, 0.25) is 0 Å². The summed E-state index contributed by atoms with van der Waals surface area (Å²) >= 11 is 0. The molecule has 4 heteroatoms. The van der Waals surface area contributed by atoms with Gasteiger partial charge in [-0.1, -0.05) is 18.9 Å². The van der Waals surface area contributed by atoms with Crippen LogP contribution in [0.2, 0.25) is 0 Å². The van der Waals surface area contributed by atoms with E-state index in [0.29, 0.717) is 11.1 Å². The Hall–Kier alpha value is -1.86. The molecule has 0 radical (unpaired) electrons. The van der Waals surface area contributed by atoms with Gasteiger partial charge in [-0.15, -0.1) is 0 Å². The van der Waals surface area contributed by atoms with Crippen LogP contribution in [0.15, 0.2) is 24.3 Å². The van der Waals surface area contributed by atoms with E-state index in [4.69, 9.17) is 5.26 Å². The molecule has 1 aromatic carbocycles. The second kappa shape index (κ2) is 6.50. The van der Waals surface area contributed by atoms with Crippen LogP contribution in [0.1, 0.15) is 54.4 Å². The molecule has 1 N–H and O–H groups in total. The van der Waals surface area contributed by atoms with Crippen LogP contribution in [0, 0.1) is 17.2 Å². The summed E-state index contributed by atoms with van der Waals surface area (Å²) in [5.74, 6) is 0.205. The molecule has 116 valence electrons. The Kier molecular flexibility index (Phi) is 4.44. The van der Waals surface area contributed by atoms with E-state index < -0.39 is 0 Å². The van der Waals surface area contributed by atoms with Gasteiger partial charge in [-0.2, -0.15) is 5.26 Å². The lowest BCUT2D eigenvalue weighted by molar-refractivity contribution is 0.0211. The fourth-order valence-corrected chi connectivity index (χ4v) is 3.97. The first-order valence-electron chi connectivity index (χ1n) is 8.20. The van der Waals surface area contributed by atoms with Crippen LogP contribution in [0.4, 0.5) is 0 Å². The van der Waals surface area contributed by atoms with Gasteiger partial charge in [0, 0.05) is 24.1 Å². The first-order chi connectivity index (χ1) is 10.7. The third-order valence-electron chi connectivity index (χ3n) is 5.07. The van der Waals surface area contributed by atoms with E-state index in [1.54, 1.807) is 24.3 Å². The molecule has 1 saturated carbocycles. The maximum Gasteiger partial charge on any atom is 0.254 e. The average molecular weight is 298 g/mol. The van der Waals surface area contributed by atoms with Gasteiger partial charge in [0.25, 0.3) is 5.91 Å². The second-order valence-corrected chi connectivity index (χ2v) is 6.42. The van der Waals surface area contributed by atoms with Crippen LogP contribution < -0.4 is 0 Å². The van der Waals surface area contributed by atoms with Crippen molar-refractivity contribution in [1.82, 2.24) is 4.90 Å². The number of rotatable bonds is 2. The number of benzene rings is 1. The van der Waals surface area contributed by atoms with Crippen molar-refractivity contribution in [3.63, 3.8) is 0 Å². The zero-order valence-electron chi connectivity index (χ0n) is 12.7. The van der Waals surface area contributed by atoms with Gasteiger partial charge in [-0.25, -0.2) is 0 Å².